The van der Waals surface area contributed by atoms with Gasteiger partial charge in [-0.1, -0.05) is 54.6 Å². The van der Waals surface area contributed by atoms with Gasteiger partial charge in [0.05, 0.1) is 5.04 Å². The summed E-state index contributed by atoms with van der Waals surface area (Å²) in [5.74, 6) is 1.97. The molecule has 0 atom stereocenters. The Labute approximate surface area is 140 Å². The van der Waals surface area contributed by atoms with Crippen molar-refractivity contribution in [2.45, 2.75) is 6.61 Å². The first kappa shape index (κ1) is 14.3. The predicted octanol–water partition coefficient (Wildman–Crippen LogP) is 4.91. The van der Waals surface area contributed by atoms with Gasteiger partial charge in [0.25, 0.3) is 0 Å². The van der Waals surface area contributed by atoms with Crippen molar-refractivity contribution in [2.75, 3.05) is 12.3 Å². The average Bonchev–Trinajstić information content (AvgIpc) is 3.15. The van der Waals surface area contributed by atoms with Crippen LogP contribution in [0.5, 0.6) is 5.75 Å². The number of rotatable bonds is 4. The zero-order valence-corrected chi connectivity index (χ0v) is 13.6. The second kappa shape index (κ2) is 6.47. The van der Waals surface area contributed by atoms with E-state index in [4.69, 9.17) is 4.74 Å². The van der Waals surface area contributed by atoms with E-state index in [2.05, 4.69) is 59.6 Å². The Morgan fingerprint density at radius 2 is 1.83 bits per heavy atom. The molecule has 4 rings (SSSR count). The summed E-state index contributed by atoms with van der Waals surface area (Å²) in [6, 6.07) is 23.0. The van der Waals surface area contributed by atoms with E-state index in [-0.39, 0.29) is 0 Å². The van der Waals surface area contributed by atoms with Gasteiger partial charge in [-0.15, -0.1) is 11.8 Å². The van der Waals surface area contributed by atoms with Crippen LogP contribution in [0.15, 0.2) is 71.7 Å². The first-order valence-electron chi connectivity index (χ1n) is 7.77. The van der Waals surface area contributed by atoms with Gasteiger partial charge >= 0.3 is 0 Å². The van der Waals surface area contributed by atoms with Crippen molar-refractivity contribution in [3.8, 4) is 5.75 Å². The lowest BCUT2D eigenvalue weighted by Crippen LogP contribution is -1.98. The molecule has 0 aromatic heterocycles. The molecule has 3 aromatic carbocycles. The van der Waals surface area contributed by atoms with Crippen LogP contribution >= 0.6 is 11.8 Å². The first-order chi connectivity index (χ1) is 11.4. The van der Waals surface area contributed by atoms with Gasteiger partial charge in [-0.3, -0.25) is 4.99 Å². The zero-order chi connectivity index (χ0) is 15.5. The smallest absolute Gasteiger partial charge is 0.120 e. The molecule has 0 fully saturated rings. The highest BCUT2D eigenvalue weighted by atomic mass is 32.2. The van der Waals surface area contributed by atoms with Crippen LogP contribution in [-0.2, 0) is 6.61 Å². The largest absolute Gasteiger partial charge is 0.489 e. The summed E-state index contributed by atoms with van der Waals surface area (Å²) in [4.78, 5) is 4.53. The molecule has 0 radical (unpaired) electrons. The lowest BCUT2D eigenvalue weighted by molar-refractivity contribution is 0.307. The Bertz CT molecular complexity index is 867. The maximum atomic E-state index is 6.04. The summed E-state index contributed by atoms with van der Waals surface area (Å²) in [6.07, 6.45) is 0. The van der Waals surface area contributed by atoms with Gasteiger partial charge in [0, 0.05) is 17.9 Å². The molecular weight excluding hydrogens is 302 g/mol. The maximum Gasteiger partial charge on any atom is 0.120 e. The Kier molecular flexibility index (Phi) is 4.03. The van der Waals surface area contributed by atoms with Crippen LogP contribution in [0.1, 0.15) is 11.1 Å². The number of nitrogens with zero attached hydrogens (tertiary/aromatic N) is 1. The number of fused-ring (bicyclic) bond motifs is 1. The number of benzene rings is 3. The number of thioether (sulfide) groups is 1. The quantitative estimate of drug-likeness (QED) is 0.681. The molecule has 1 aliphatic heterocycles. The summed E-state index contributed by atoms with van der Waals surface area (Å²) in [6.45, 7) is 1.49. The topological polar surface area (TPSA) is 21.6 Å². The minimum absolute atomic E-state index is 0.574. The van der Waals surface area contributed by atoms with E-state index in [0.717, 1.165) is 28.7 Å². The molecule has 0 saturated carbocycles. The molecule has 0 spiro atoms. The third kappa shape index (κ3) is 3.10. The van der Waals surface area contributed by atoms with Gasteiger partial charge in [-0.25, -0.2) is 0 Å². The van der Waals surface area contributed by atoms with E-state index in [1.807, 2.05) is 23.9 Å². The van der Waals surface area contributed by atoms with E-state index < -0.39 is 0 Å². The molecule has 2 nitrogen and oxygen atoms in total. The fourth-order valence-electron chi connectivity index (χ4n) is 2.81. The summed E-state index contributed by atoms with van der Waals surface area (Å²) in [7, 11) is 0. The maximum absolute atomic E-state index is 6.04. The van der Waals surface area contributed by atoms with Crippen LogP contribution in [0.4, 0.5) is 0 Å². The Morgan fingerprint density at radius 3 is 2.74 bits per heavy atom. The highest BCUT2D eigenvalue weighted by Gasteiger charge is 2.10. The summed E-state index contributed by atoms with van der Waals surface area (Å²) < 4.78 is 6.04. The summed E-state index contributed by atoms with van der Waals surface area (Å²) in [5.41, 5.74) is 2.36. The van der Waals surface area contributed by atoms with Crippen molar-refractivity contribution >= 4 is 27.6 Å². The average molecular weight is 319 g/mol. The van der Waals surface area contributed by atoms with Crippen LogP contribution in [-0.4, -0.2) is 17.3 Å². The van der Waals surface area contributed by atoms with Crippen molar-refractivity contribution in [2.24, 2.45) is 4.99 Å². The van der Waals surface area contributed by atoms with Crippen LogP contribution in [0.2, 0.25) is 0 Å². The molecule has 0 unspecified atom stereocenters. The number of hydrogen-bond donors (Lipinski definition) is 0. The van der Waals surface area contributed by atoms with Gasteiger partial charge in [-0.2, -0.15) is 0 Å². The van der Waals surface area contributed by atoms with Crippen LogP contribution in [0.3, 0.4) is 0 Å². The van der Waals surface area contributed by atoms with Gasteiger partial charge in [0.2, 0.25) is 0 Å². The number of ether oxygens (including phenoxy) is 1. The molecule has 0 aliphatic carbocycles. The van der Waals surface area contributed by atoms with Crippen molar-refractivity contribution in [1.29, 1.82) is 0 Å². The molecule has 0 amide bonds. The van der Waals surface area contributed by atoms with E-state index >= 15 is 0 Å². The van der Waals surface area contributed by atoms with Crippen LogP contribution in [0, 0.1) is 0 Å². The van der Waals surface area contributed by atoms with Crippen molar-refractivity contribution in [1.82, 2.24) is 0 Å². The lowest BCUT2D eigenvalue weighted by Gasteiger charge is -2.10. The number of aliphatic imine (C=N–C) groups is 1. The van der Waals surface area contributed by atoms with E-state index in [1.165, 1.54) is 16.3 Å². The lowest BCUT2D eigenvalue weighted by atomic mass is 10.1. The van der Waals surface area contributed by atoms with E-state index in [0.29, 0.717) is 6.61 Å². The van der Waals surface area contributed by atoms with Crippen molar-refractivity contribution in [3.63, 3.8) is 0 Å². The molecule has 114 valence electrons. The Balaban J connectivity index is 1.55. The normalized spacial score (nSPS) is 14.0. The molecule has 1 heterocycles. The van der Waals surface area contributed by atoms with Gasteiger partial charge in [-0.05, 0) is 28.5 Å². The highest BCUT2D eigenvalue weighted by Crippen LogP contribution is 2.24. The molecular formula is C20H17NOS. The zero-order valence-electron chi connectivity index (χ0n) is 12.7. The fourth-order valence-corrected chi connectivity index (χ4v) is 3.66. The standard InChI is InChI=1S/C20H17NOS/c1-2-10-19-15(5-1)6-3-8-17(19)14-22-18-9-4-7-16(13-18)20-21-11-12-23-20/h1-10,13H,11-12,14H2. The SMILES string of the molecule is c1cc(OCc2cccc3ccccc23)cc(C2=NCCS2)c1. The minimum atomic E-state index is 0.574. The van der Waals surface area contributed by atoms with Gasteiger partial charge in [0.15, 0.2) is 0 Å². The highest BCUT2D eigenvalue weighted by molar-refractivity contribution is 8.14. The number of hydrogen-bond acceptors (Lipinski definition) is 3. The molecule has 3 aromatic rings. The molecule has 1 aliphatic rings. The molecule has 0 saturated heterocycles. The predicted molar refractivity (Wildman–Crippen MR) is 98.6 cm³/mol. The summed E-state index contributed by atoms with van der Waals surface area (Å²) >= 11 is 1.81. The third-order valence-electron chi connectivity index (χ3n) is 3.94. The van der Waals surface area contributed by atoms with Crippen molar-refractivity contribution in [3.05, 3.63) is 77.9 Å². The Hall–Kier alpha value is -2.26. The molecule has 3 heteroatoms. The molecule has 0 bridgehead atoms. The second-order valence-electron chi connectivity index (χ2n) is 5.49. The van der Waals surface area contributed by atoms with E-state index in [1.54, 1.807) is 0 Å². The first-order valence-corrected chi connectivity index (χ1v) is 8.76. The molecule has 0 N–H and O–H groups in total. The minimum Gasteiger partial charge on any atom is -0.489 e. The van der Waals surface area contributed by atoms with Crippen LogP contribution < -0.4 is 4.74 Å². The third-order valence-corrected chi connectivity index (χ3v) is 4.97. The monoisotopic (exact) mass is 319 g/mol. The van der Waals surface area contributed by atoms with Crippen molar-refractivity contribution < 1.29 is 4.74 Å². The molecule has 23 heavy (non-hydrogen) atoms. The van der Waals surface area contributed by atoms with Gasteiger partial charge in [0.1, 0.15) is 12.4 Å². The fraction of sp³-hybridized carbons (Fsp3) is 0.150. The van der Waals surface area contributed by atoms with E-state index in [9.17, 15) is 0 Å². The van der Waals surface area contributed by atoms with Crippen LogP contribution in [0.25, 0.3) is 10.8 Å². The summed E-state index contributed by atoms with van der Waals surface area (Å²) in [5, 5.41) is 3.63. The second-order valence-corrected chi connectivity index (χ2v) is 6.57. The Morgan fingerprint density at radius 1 is 0.957 bits per heavy atom. The van der Waals surface area contributed by atoms with Gasteiger partial charge < -0.3 is 4.74 Å².